The van der Waals surface area contributed by atoms with Crippen molar-refractivity contribution in [3.63, 3.8) is 0 Å². The van der Waals surface area contributed by atoms with Gasteiger partial charge in [-0.2, -0.15) is 0 Å². The summed E-state index contributed by atoms with van der Waals surface area (Å²) in [5.74, 6) is -0.521. The molecule has 0 spiro atoms. The van der Waals surface area contributed by atoms with Crippen LogP contribution in [0.4, 0.5) is 4.39 Å². The van der Waals surface area contributed by atoms with Gasteiger partial charge < -0.3 is 15.8 Å². The van der Waals surface area contributed by atoms with E-state index >= 15 is 0 Å². The van der Waals surface area contributed by atoms with Gasteiger partial charge in [0.05, 0.1) is 12.1 Å². The Morgan fingerprint density at radius 2 is 1.88 bits per heavy atom. The van der Waals surface area contributed by atoms with Gasteiger partial charge in [-0.1, -0.05) is 42.5 Å². The Hall–Kier alpha value is -1.95. The van der Waals surface area contributed by atoms with Crippen LogP contribution in [0.15, 0.2) is 54.6 Å². The summed E-state index contributed by atoms with van der Waals surface area (Å²) < 4.78 is 19.3. The quantitative estimate of drug-likeness (QED) is 0.857. The lowest BCUT2D eigenvalue weighted by atomic mass is 9.98. The lowest BCUT2D eigenvalue weighted by molar-refractivity contribution is -0.132. The number of rotatable bonds is 5. The maximum atomic E-state index is 13.6. The van der Waals surface area contributed by atoms with E-state index in [0.29, 0.717) is 18.5 Å². The molecule has 1 amide bonds. The monoisotopic (exact) mass is 364 g/mol. The predicted molar refractivity (Wildman–Crippen MR) is 97.0 cm³/mol. The summed E-state index contributed by atoms with van der Waals surface area (Å²) in [5.41, 5.74) is 7.19. The molecular formula is C19H22ClFN2O2. The fourth-order valence-corrected chi connectivity index (χ4v) is 3.00. The first-order valence-corrected chi connectivity index (χ1v) is 8.13. The molecule has 1 aliphatic heterocycles. The first-order valence-electron chi connectivity index (χ1n) is 8.13. The van der Waals surface area contributed by atoms with E-state index in [4.69, 9.17) is 10.5 Å². The third-order valence-corrected chi connectivity index (χ3v) is 4.26. The maximum absolute atomic E-state index is 13.6. The number of ether oxygens (including phenoxy) is 1. The number of hydrogen-bond donors (Lipinski definition) is 2. The molecule has 0 aliphatic carbocycles. The Balaban J connectivity index is 0.00000225. The molecule has 2 aromatic carbocycles. The zero-order valence-electron chi connectivity index (χ0n) is 13.7. The number of nitrogens with one attached hydrogen (secondary N) is 1. The lowest BCUT2D eigenvalue weighted by Crippen LogP contribution is -2.38. The van der Waals surface area contributed by atoms with Crippen molar-refractivity contribution in [3.05, 3.63) is 71.5 Å². The number of amides is 1. The van der Waals surface area contributed by atoms with Crippen molar-refractivity contribution in [2.45, 2.75) is 31.1 Å². The van der Waals surface area contributed by atoms with Crippen LogP contribution in [-0.2, 0) is 9.53 Å². The molecule has 25 heavy (non-hydrogen) atoms. The highest BCUT2D eigenvalue weighted by molar-refractivity contribution is 5.85. The second-order valence-corrected chi connectivity index (χ2v) is 5.97. The van der Waals surface area contributed by atoms with Crippen LogP contribution in [0.5, 0.6) is 0 Å². The second-order valence-electron chi connectivity index (χ2n) is 5.97. The number of hydrogen-bond acceptors (Lipinski definition) is 3. The van der Waals surface area contributed by atoms with Crippen molar-refractivity contribution in [3.8, 4) is 0 Å². The Labute approximate surface area is 153 Å². The van der Waals surface area contributed by atoms with Crippen molar-refractivity contribution in [1.82, 2.24) is 5.32 Å². The van der Waals surface area contributed by atoms with Crippen molar-refractivity contribution in [1.29, 1.82) is 0 Å². The molecule has 2 aromatic rings. The molecule has 4 nitrogen and oxygen atoms in total. The molecule has 1 heterocycles. The summed E-state index contributed by atoms with van der Waals surface area (Å²) >= 11 is 0. The van der Waals surface area contributed by atoms with Gasteiger partial charge in [0.1, 0.15) is 11.9 Å². The highest BCUT2D eigenvalue weighted by Gasteiger charge is 2.31. The highest BCUT2D eigenvalue weighted by atomic mass is 35.5. The van der Waals surface area contributed by atoms with Gasteiger partial charge in [0.15, 0.2) is 0 Å². The van der Waals surface area contributed by atoms with E-state index in [9.17, 15) is 9.18 Å². The van der Waals surface area contributed by atoms with Crippen molar-refractivity contribution < 1.29 is 13.9 Å². The molecule has 0 saturated carbocycles. The molecule has 1 unspecified atom stereocenters. The van der Waals surface area contributed by atoms with Crippen molar-refractivity contribution >= 4 is 18.3 Å². The van der Waals surface area contributed by atoms with E-state index in [-0.39, 0.29) is 30.2 Å². The molecule has 0 radical (unpaired) electrons. The van der Waals surface area contributed by atoms with E-state index in [1.54, 1.807) is 12.1 Å². The molecule has 0 aromatic heterocycles. The summed E-state index contributed by atoms with van der Waals surface area (Å²) in [7, 11) is 0. The van der Waals surface area contributed by atoms with E-state index in [1.807, 2.05) is 30.3 Å². The smallest absolute Gasteiger partial charge is 0.249 e. The molecule has 3 N–H and O–H groups in total. The average Bonchev–Trinajstić information content (AvgIpc) is 3.09. The molecule has 0 bridgehead atoms. The van der Waals surface area contributed by atoms with Crippen molar-refractivity contribution in [2.24, 2.45) is 5.73 Å². The Morgan fingerprint density at radius 1 is 1.16 bits per heavy atom. The molecule has 1 fully saturated rings. The number of carbonyl (C=O) groups excluding carboxylic acids is 1. The third kappa shape index (κ3) is 4.78. The van der Waals surface area contributed by atoms with Gasteiger partial charge >= 0.3 is 0 Å². The van der Waals surface area contributed by atoms with Gasteiger partial charge in [-0.3, -0.25) is 4.79 Å². The minimum absolute atomic E-state index is 0. The Bertz CT molecular complexity index is 699. The molecule has 6 heteroatoms. The van der Waals surface area contributed by atoms with Crippen LogP contribution in [0.25, 0.3) is 0 Å². The molecule has 3 rings (SSSR count). The zero-order chi connectivity index (χ0) is 16.9. The molecular weight excluding hydrogens is 343 g/mol. The normalized spacial score (nSPS) is 20.6. The third-order valence-electron chi connectivity index (χ3n) is 4.26. The fraction of sp³-hybridized carbons (Fsp3) is 0.316. The van der Waals surface area contributed by atoms with Crippen LogP contribution in [0.3, 0.4) is 0 Å². The molecule has 134 valence electrons. The van der Waals surface area contributed by atoms with Crippen LogP contribution >= 0.6 is 12.4 Å². The maximum Gasteiger partial charge on any atom is 0.249 e. The summed E-state index contributed by atoms with van der Waals surface area (Å²) in [4.78, 5) is 12.6. The second kappa shape index (κ2) is 8.94. The van der Waals surface area contributed by atoms with Gasteiger partial charge in [-0.15, -0.1) is 12.4 Å². The van der Waals surface area contributed by atoms with Crippen LogP contribution in [0.2, 0.25) is 0 Å². The van der Waals surface area contributed by atoms with E-state index in [2.05, 4.69) is 5.32 Å². The van der Waals surface area contributed by atoms with Crippen LogP contribution in [0, 0.1) is 5.82 Å². The van der Waals surface area contributed by atoms with Gasteiger partial charge in [0, 0.05) is 6.54 Å². The van der Waals surface area contributed by atoms with Crippen LogP contribution in [-0.4, -0.2) is 24.7 Å². The number of halogens is 2. The predicted octanol–water partition coefficient (Wildman–Crippen LogP) is 2.96. The summed E-state index contributed by atoms with van der Waals surface area (Å²) in [5, 5.41) is 2.99. The minimum Gasteiger partial charge on any atom is -0.364 e. The summed E-state index contributed by atoms with van der Waals surface area (Å²) in [6, 6.07) is 15.4. The first kappa shape index (κ1) is 19.4. The topological polar surface area (TPSA) is 64.4 Å². The number of carbonyl (C=O) groups is 1. The molecule has 1 saturated heterocycles. The fourth-order valence-electron chi connectivity index (χ4n) is 3.00. The van der Waals surface area contributed by atoms with Crippen LogP contribution < -0.4 is 11.1 Å². The van der Waals surface area contributed by atoms with Crippen molar-refractivity contribution in [2.75, 3.05) is 6.54 Å². The average molecular weight is 365 g/mol. The van der Waals surface area contributed by atoms with Gasteiger partial charge in [-0.05, 0) is 36.1 Å². The van der Waals surface area contributed by atoms with Crippen LogP contribution in [0.1, 0.15) is 30.0 Å². The first-order chi connectivity index (χ1) is 11.7. The largest absolute Gasteiger partial charge is 0.364 e. The van der Waals surface area contributed by atoms with Gasteiger partial charge in [0.2, 0.25) is 5.91 Å². The number of benzene rings is 2. The standard InChI is InChI=1S/C19H21FN2O2.ClH/c20-15-8-4-7-14(11-15)18(13-5-2-1-3-6-13)22-19(23)17-10-9-16(12-21)24-17;/h1-8,11,16-18H,9-10,12,21H2,(H,22,23);1H/t16-,17+,18?;/m1./s1. The molecule has 3 atom stereocenters. The van der Waals surface area contributed by atoms with E-state index in [0.717, 1.165) is 12.0 Å². The SMILES string of the molecule is Cl.NC[C@H]1CC[C@@H](C(=O)NC(c2ccccc2)c2cccc(F)c2)O1. The van der Waals surface area contributed by atoms with E-state index < -0.39 is 12.1 Å². The van der Waals surface area contributed by atoms with Gasteiger partial charge in [0.25, 0.3) is 0 Å². The molecule has 1 aliphatic rings. The Morgan fingerprint density at radius 3 is 2.52 bits per heavy atom. The Kier molecular flexibility index (Phi) is 6.93. The van der Waals surface area contributed by atoms with E-state index in [1.165, 1.54) is 12.1 Å². The lowest BCUT2D eigenvalue weighted by Gasteiger charge is -2.22. The summed E-state index contributed by atoms with van der Waals surface area (Å²) in [6.07, 6.45) is 0.867. The summed E-state index contributed by atoms with van der Waals surface area (Å²) in [6.45, 7) is 0.412. The number of nitrogens with two attached hydrogens (primary N) is 1. The minimum atomic E-state index is -0.502. The highest BCUT2D eigenvalue weighted by Crippen LogP contribution is 2.25. The van der Waals surface area contributed by atoms with Gasteiger partial charge in [-0.25, -0.2) is 4.39 Å². The zero-order valence-corrected chi connectivity index (χ0v) is 14.5.